The number of nitrogens with one attached hydrogen (secondary N) is 1. The lowest BCUT2D eigenvalue weighted by molar-refractivity contribution is -0.122. The molecule has 0 aromatic carbocycles. The van der Waals surface area contributed by atoms with E-state index < -0.39 is 0 Å². The van der Waals surface area contributed by atoms with Gasteiger partial charge in [0.2, 0.25) is 5.91 Å². The van der Waals surface area contributed by atoms with Crippen LogP contribution in [0.25, 0.3) is 0 Å². The molecular formula is C10H13BrN2O2. The largest absolute Gasteiger partial charge is 0.352 e. The molecule has 1 heterocycles. The van der Waals surface area contributed by atoms with Crippen molar-refractivity contribution in [1.29, 1.82) is 0 Å². The van der Waals surface area contributed by atoms with Crippen molar-refractivity contribution in [2.75, 3.05) is 0 Å². The van der Waals surface area contributed by atoms with Gasteiger partial charge in [-0.25, -0.2) is 0 Å². The standard InChI is InChI=1S/C10H13BrN2O2/c1-7(2)12-9(14)6-13-5-8(11)3-4-10(13)15/h3-5,7H,6H2,1-2H3,(H,12,14). The Hall–Kier alpha value is -1.10. The van der Waals surface area contributed by atoms with Gasteiger partial charge in [0.05, 0.1) is 0 Å². The maximum absolute atomic E-state index is 11.4. The number of pyridine rings is 1. The highest BCUT2D eigenvalue weighted by Gasteiger charge is 2.05. The Bertz CT molecular complexity index is 412. The van der Waals surface area contributed by atoms with E-state index in [9.17, 15) is 9.59 Å². The fourth-order valence-corrected chi connectivity index (χ4v) is 1.53. The van der Waals surface area contributed by atoms with Crippen LogP contribution in [0.15, 0.2) is 27.6 Å². The lowest BCUT2D eigenvalue weighted by Crippen LogP contribution is -2.35. The third-order valence-corrected chi connectivity index (χ3v) is 2.18. The normalized spacial score (nSPS) is 10.4. The van der Waals surface area contributed by atoms with Gasteiger partial charge in [-0.05, 0) is 35.8 Å². The third kappa shape index (κ3) is 3.87. The molecule has 1 aromatic heterocycles. The quantitative estimate of drug-likeness (QED) is 0.897. The monoisotopic (exact) mass is 272 g/mol. The van der Waals surface area contributed by atoms with E-state index in [2.05, 4.69) is 21.2 Å². The summed E-state index contributed by atoms with van der Waals surface area (Å²) in [6.45, 7) is 3.81. The summed E-state index contributed by atoms with van der Waals surface area (Å²) in [5, 5.41) is 2.72. The topological polar surface area (TPSA) is 51.1 Å². The first-order chi connectivity index (χ1) is 6.99. The van der Waals surface area contributed by atoms with Crippen molar-refractivity contribution in [2.24, 2.45) is 0 Å². The van der Waals surface area contributed by atoms with Crippen molar-refractivity contribution >= 4 is 21.8 Å². The molecule has 1 rings (SSSR count). The fourth-order valence-electron chi connectivity index (χ4n) is 1.15. The molecule has 0 bridgehead atoms. The van der Waals surface area contributed by atoms with Gasteiger partial charge in [-0.1, -0.05) is 0 Å². The molecule has 0 spiro atoms. The number of hydrogen-bond donors (Lipinski definition) is 1. The summed E-state index contributed by atoms with van der Waals surface area (Å²) in [4.78, 5) is 22.8. The summed E-state index contributed by atoms with van der Waals surface area (Å²) >= 11 is 3.25. The predicted octanol–water partition coefficient (Wildman–Crippen LogP) is 1.14. The molecule has 15 heavy (non-hydrogen) atoms. The van der Waals surface area contributed by atoms with Gasteiger partial charge in [-0.3, -0.25) is 9.59 Å². The van der Waals surface area contributed by atoms with Crippen LogP contribution in [-0.2, 0) is 11.3 Å². The Morgan fingerprint density at radius 3 is 2.80 bits per heavy atom. The molecular weight excluding hydrogens is 260 g/mol. The predicted molar refractivity (Wildman–Crippen MR) is 61.7 cm³/mol. The smallest absolute Gasteiger partial charge is 0.251 e. The van der Waals surface area contributed by atoms with Crippen LogP contribution in [0.5, 0.6) is 0 Å². The molecule has 82 valence electrons. The van der Waals surface area contributed by atoms with Crippen LogP contribution >= 0.6 is 15.9 Å². The third-order valence-electron chi connectivity index (χ3n) is 1.71. The molecule has 4 nitrogen and oxygen atoms in total. The molecule has 0 atom stereocenters. The van der Waals surface area contributed by atoms with Crippen LogP contribution < -0.4 is 10.9 Å². The van der Waals surface area contributed by atoms with E-state index in [0.717, 1.165) is 4.47 Å². The van der Waals surface area contributed by atoms with E-state index in [1.165, 1.54) is 10.6 Å². The van der Waals surface area contributed by atoms with E-state index >= 15 is 0 Å². The molecule has 1 amide bonds. The van der Waals surface area contributed by atoms with Crippen molar-refractivity contribution in [3.05, 3.63) is 33.2 Å². The van der Waals surface area contributed by atoms with Crippen molar-refractivity contribution in [1.82, 2.24) is 9.88 Å². The number of aromatic nitrogens is 1. The molecule has 0 aliphatic carbocycles. The molecule has 0 saturated heterocycles. The van der Waals surface area contributed by atoms with Crippen LogP contribution in [0, 0.1) is 0 Å². The molecule has 0 unspecified atom stereocenters. The van der Waals surface area contributed by atoms with E-state index in [1.54, 1.807) is 12.3 Å². The summed E-state index contributed by atoms with van der Waals surface area (Å²) in [5.74, 6) is -0.162. The van der Waals surface area contributed by atoms with Crippen molar-refractivity contribution in [3.8, 4) is 0 Å². The van der Waals surface area contributed by atoms with Gasteiger partial charge >= 0.3 is 0 Å². The van der Waals surface area contributed by atoms with Crippen LogP contribution in [0.2, 0.25) is 0 Å². The maximum atomic E-state index is 11.4. The average Bonchev–Trinajstić information content (AvgIpc) is 2.10. The van der Waals surface area contributed by atoms with E-state index in [-0.39, 0.29) is 24.1 Å². The SMILES string of the molecule is CC(C)NC(=O)Cn1cc(Br)ccc1=O. The number of rotatable bonds is 3. The van der Waals surface area contributed by atoms with Crippen LogP contribution in [-0.4, -0.2) is 16.5 Å². The minimum absolute atomic E-state index is 0.0520. The molecule has 0 saturated carbocycles. The first-order valence-electron chi connectivity index (χ1n) is 4.64. The zero-order chi connectivity index (χ0) is 11.4. The Balaban J connectivity index is 2.76. The minimum Gasteiger partial charge on any atom is -0.352 e. The van der Waals surface area contributed by atoms with Gasteiger partial charge in [-0.2, -0.15) is 0 Å². The second-order valence-corrected chi connectivity index (χ2v) is 4.45. The number of halogens is 1. The number of hydrogen-bond acceptors (Lipinski definition) is 2. The lowest BCUT2D eigenvalue weighted by atomic mass is 10.4. The molecule has 0 radical (unpaired) electrons. The number of amides is 1. The number of carbonyl (C=O) groups excluding carboxylic acids is 1. The summed E-state index contributed by atoms with van der Waals surface area (Å²) in [5.41, 5.74) is -0.183. The Kier molecular flexibility index (Phi) is 4.08. The molecule has 0 fully saturated rings. The molecule has 1 aromatic rings. The highest BCUT2D eigenvalue weighted by atomic mass is 79.9. The van der Waals surface area contributed by atoms with Gasteiger partial charge < -0.3 is 9.88 Å². The first-order valence-corrected chi connectivity index (χ1v) is 5.43. The highest BCUT2D eigenvalue weighted by Crippen LogP contribution is 2.04. The van der Waals surface area contributed by atoms with Gasteiger partial charge in [0.15, 0.2) is 0 Å². The van der Waals surface area contributed by atoms with Gasteiger partial charge in [0, 0.05) is 22.8 Å². The Labute approximate surface area is 96.4 Å². The van der Waals surface area contributed by atoms with Crippen LogP contribution in [0.1, 0.15) is 13.8 Å². The maximum Gasteiger partial charge on any atom is 0.251 e. The minimum atomic E-state index is -0.183. The Morgan fingerprint density at radius 1 is 1.53 bits per heavy atom. The van der Waals surface area contributed by atoms with Gasteiger partial charge in [-0.15, -0.1) is 0 Å². The van der Waals surface area contributed by atoms with Crippen LogP contribution in [0.3, 0.4) is 0 Å². The Morgan fingerprint density at radius 2 is 2.20 bits per heavy atom. The van der Waals surface area contributed by atoms with Gasteiger partial charge in [0.25, 0.3) is 5.56 Å². The summed E-state index contributed by atoms with van der Waals surface area (Å²) in [6.07, 6.45) is 1.60. The highest BCUT2D eigenvalue weighted by molar-refractivity contribution is 9.10. The number of carbonyl (C=O) groups is 1. The summed E-state index contributed by atoms with van der Waals surface area (Å²) in [6, 6.07) is 3.16. The molecule has 0 aliphatic heterocycles. The number of nitrogens with zero attached hydrogens (tertiary/aromatic N) is 1. The fraction of sp³-hybridized carbons (Fsp3) is 0.400. The average molecular weight is 273 g/mol. The lowest BCUT2D eigenvalue weighted by Gasteiger charge is -2.09. The second-order valence-electron chi connectivity index (χ2n) is 3.54. The zero-order valence-corrected chi connectivity index (χ0v) is 10.2. The summed E-state index contributed by atoms with van der Waals surface area (Å²) < 4.78 is 2.14. The van der Waals surface area contributed by atoms with Crippen molar-refractivity contribution in [2.45, 2.75) is 26.4 Å². The van der Waals surface area contributed by atoms with E-state index in [4.69, 9.17) is 0 Å². The van der Waals surface area contributed by atoms with Crippen LogP contribution in [0.4, 0.5) is 0 Å². The molecule has 1 N–H and O–H groups in total. The van der Waals surface area contributed by atoms with E-state index in [0.29, 0.717) is 0 Å². The van der Waals surface area contributed by atoms with Crippen molar-refractivity contribution in [3.63, 3.8) is 0 Å². The van der Waals surface area contributed by atoms with Gasteiger partial charge in [0.1, 0.15) is 6.54 Å². The molecule has 0 aliphatic rings. The first kappa shape index (κ1) is 12.0. The summed E-state index contributed by atoms with van der Waals surface area (Å²) in [7, 11) is 0. The zero-order valence-electron chi connectivity index (χ0n) is 8.66. The second kappa shape index (κ2) is 5.11. The van der Waals surface area contributed by atoms with Crippen molar-refractivity contribution < 1.29 is 4.79 Å². The van der Waals surface area contributed by atoms with E-state index in [1.807, 2.05) is 13.8 Å². The molecule has 5 heteroatoms.